The van der Waals surface area contributed by atoms with Crippen molar-refractivity contribution in [2.45, 2.75) is 63.5 Å². The molecule has 0 saturated carbocycles. The van der Waals surface area contributed by atoms with E-state index >= 15 is 0 Å². The molecule has 1 aromatic heterocycles. The third kappa shape index (κ3) is 4.99. The van der Waals surface area contributed by atoms with Gasteiger partial charge in [0, 0.05) is 21.5 Å². The van der Waals surface area contributed by atoms with Crippen LogP contribution < -0.4 is 0 Å². The Bertz CT molecular complexity index is 964. The Morgan fingerprint density at radius 2 is 1.64 bits per heavy atom. The molecule has 3 nitrogen and oxygen atoms in total. The second-order valence-corrected chi connectivity index (χ2v) is 9.88. The number of H-pyrrole nitrogens is 1. The lowest BCUT2D eigenvalue weighted by Gasteiger charge is -2.19. The molecule has 0 radical (unpaired) electrons. The molecule has 2 aromatic carbocycles. The number of benzene rings is 2. The van der Waals surface area contributed by atoms with Crippen molar-refractivity contribution in [2.24, 2.45) is 0 Å². The summed E-state index contributed by atoms with van der Waals surface area (Å²) in [4.78, 5) is 15.8. The molecule has 0 bridgehead atoms. The third-order valence-corrected chi connectivity index (χ3v) is 5.69. The second-order valence-electron chi connectivity index (χ2n) is 8.18. The number of nitrogens with one attached hydrogen (secondary N) is 1. The van der Waals surface area contributed by atoms with Crippen molar-refractivity contribution < 1.29 is 9.90 Å². The molecule has 0 amide bonds. The fraction of sp³-hybridized carbons (Fsp3) is 0.375. The van der Waals surface area contributed by atoms with Gasteiger partial charge in [-0.3, -0.25) is 4.79 Å². The van der Waals surface area contributed by atoms with Gasteiger partial charge < -0.3 is 10.1 Å². The number of carbonyl (C=O) groups is 1. The van der Waals surface area contributed by atoms with E-state index in [0.717, 1.165) is 27.1 Å². The quantitative estimate of drug-likeness (QED) is 0.461. The molecular weight excluding hydrogens is 366 g/mol. The summed E-state index contributed by atoms with van der Waals surface area (Å²) in [5.41, 5.74) is 4.69. The highest BCUT2D eigenvalue weighted by Gasteiger charge is 2.28. The van der Waals surface area contributed by atoms with Crippen LogP contribution in [0, 0.1) is 0 Å². The van der Waals surface area contributed by atoms with Gasteiger partial charge in [0.05, 0.1) is 0 Å². The summed E-state index contributed by atoms with van der Waals surface area (Å²) in [6.07, 6.45) is 0. The van der Waals surface area contributed by atoms with E-state index in [-0.39, 0.29) is 5.41 Å². The zero-order valence-corrected chi connectivity index (χ0v) is 18.7. The first-order valence-corrected chi connectivity index (χ1v) is 10.5. The highest BCUT2D eigenvalue weighted by atomic mass is 32.2. The van der Waals surface area contributed by atoms with Crippen molar-refractivity contribution in [3.8, 4) is 11.3 Å². The molecule has 0 spiro atoms. The lowest BCUT2D eigenvalue weighted by atomic mass is 9.86. The van der Waals surface area contributed by atoms with Gasteiger partial charge in [0.15, 0.2) is 0 Å². The van der Waals surface area contributed by atoms with Gasteiger partial charge in [-0.05, 0) is 60.7 Å². The molecule has 0 fully saturated rings. The number of hydrogen-bond acceptors (Lipinski definition) is 2. The van der Waals surface area contributed by atoms with Crippen LogP contribution in [0.3, 0.4) is 0 Å². The zero-order valence-electron chi connectivity index (χ0n) is 17.9. The number of aromatic nitrogens is 1. The first-order chi connectivity index (χ1) is 13.1. The van der Waals surface area contributed by atoms with Gasteiger partial charge in [0.2, 0.25) is 0 Å². The van der Waals surface area contributed by atoms with Crippen LogP contribution in [0.15, 0.2) is 53.4 Å². The molecule has 0 aliphatic heterocycles. The fourth-order valence-electron chi connectivity index (χ4n) is 2.82. The molecule has 3 aromatic rings. The van der Waals surface area contributed by atoms with Crippen molar-refractivity contribution in [1.82, 2.24) is 4.98 Å². The SMILES string of the molecule is CC.CC(C)(Sc1ccc2[nH]c(-c3cccc(C(C)(C)C)c3)cc2c1)C(=O)O. The fourth-order valence-corrected chi connectivity index (χ4v) is 3.82. The first kappa shape index (κ1) is 22.1. The monoisotopic (exact) mass is 397 g/mol. The predicted molar refractivity (Wildman–Crippen MR) is 121 cm³/mol. The highest BCUT2D eigenvalue weighted by molar-refractivity contribution is 8.01. The highest BCUT2D eigenvalue weighted by Crippen LogP contribution is 2.35. The molecule has 0 aliphatic rings. The molecule has 150 valence electrons. The van der Waals surface area contributed by atoms with E-state index in [0.29, 0.717) is 0 Å². The maximum Gasteiger partial charge on any atom is 0.319 e. The topological polar surface area (TPSA) is 53.1 Å². The summed E-state index contributed by atoms with van der Waals surface area (Å²) in [7, 11) is 0. The Kier molecular flexibility index (Phi) is 6.66. The Labute approximate surface area is 172 Å². The number of hydrogen-bond donors (Lipinski definition) is 2. The van der Waals surface area contributed by atoms with E-state index in [1.165, 1.54) is 17.3 Å². The Hall–Kier alpha value is -2.20. The molecule has 0 saturated heterocycles. The zero-order chi connectivity index (χ0) is 21.1. The minimum atomic E-state index is -0.853. The summed E-state index contributed by atoms with van der Waals surface area (Å²) >= 11 is 1.37. The summed E-state index contributed by atoms with van der Waals surface area (Å²) in [6.45, 7) is 14.1. The molecule has 0 unspecified atom stereocenters. The second kappa shape index (κ2) is 8.44. The largest absolute Gasteiger partial charge is 0.480 e. The van der Waals surface area contributed by atoms with Gasteiger partial charge in [-0.1, -0.05) is 52.8 Å². The maximum atomic E-state index is 11.4. The van der Waals surface area contributed by atoms with Crippen LogP contribution in [0.2, 0.25) is 0 Å². The smallest absolute Gasteiger partial charge is 0.319 e. The molecule has 0 atom stereocenters. The Morgan fingerprint density at radius 1 is 0.964 bits per heavy atom. The van der Waals surface area contributed by atoms with Crippen molar-refractivity contribution in [2.75, 3.05) is 0 Å². The van der Waals surface area contributed by atoms with Crippen LogP contribution in [0.5, 0.6) is 0 Å². The molecule has 0 aliphatic carbocycles. The molecule has 28 heavy (non-hydrogen) atoms. The van der Waals surface area contributed by atoms with Crippen LogP contribution >= 0.6 is 11.8 Å². The standard InChI is InChI=1S/C22H25NO2S.C2H6/c1-21(2,3)16-8-6-7-14(11-16)19-13-15-12-17(9-10-18(15)23-19)26-22(4,5)20(24)25;1-2/h6-13,23H,1-5H3,(H,24,25);1-2H3. The van der Waals surface area contributed by atoms with Crippen LogP contribution in [-0.4, -0.2) is 20.8 Å². The summed E-state index contributed by atoms with van der Waals surface area (Å²) in [5.74, 6) is -0.809. The summed E-state index contributed by atoms with van der Waals surface area (Å²) < 4.78 is -0.853. The molecule has 1 heterocycles. The van der Waals surface area contributed by atoms with Crippen LogP contribution in [0.1, 0.15) is 54.0 Å². The number of thioether (sulfide) groups is 1. The van der Waals surface area contributed by atoms with E-state index in [2.05, 4.69) is 62.2 Å². The lowest BCUT2D eigenvalue weighted by molar-refractivity contribution is -0.138. The average Bonchev–Trinajstić information content (AvgIpc) is 3.06. The van der Waals surface area contributed by atoms with E-state index in [4.69, 9.17) is 0 Å². The van der Waals surface area contributed by atoms with Gasteiger partial charge in [-0.2, -0.15) is 0 Å². The van der Waals surface area contributed by atoms with Gasteiger partial charge in [0.25, 0.3) is 0 Å². The van der Waals surface area contributed by atoms with Crippen LogP contribution in [0.25, 0.3) is 22.2 Å². The normalized spacial score (nSPS) is 11.8. The third-order valence-electron chi connectivity index (χ3n) is 4.52. The minimum absolute atomic E-state index is 0.105. The number of carboxylic acids is 1. The lowest BCUT2D eigenvalue weighted by Crippen LogP contribution is -2.26. The van der Waals surface area contributed by atoms with Crippen LogP contribution in [0.4, 0.5) is 0 Å². The van der Waals surface area contributed by atoms with Crippen molar-refractivity contribution >= 4 is 28.6 Å². The van der Waals surface area contributed by atoms with Gasteiger partial charge in [-0.25, -0.2) is 0 Å². The average molecular weight is 398 g/mol. The minimum Gasteiger partial charge on any atom is -0.480 e. The predicted octanol–water partition coefficient (Wildman–Crippen LogP) is 7.11. The van der Waals surface area contributed by atoms with Crippen LogP contribution in [-0.2, 0) is 10.2 Å². The van der Waals surface area contributed by atoms with Gasteiger partial charge in [-0.15, -0.1) is 11.8 Å². The molecular formula is C24H31NO2S. The van der Waals surface area contributed by atoms with E-state index in [1.807, 2.05) is 26.0 Å². The first-order valence-electron chi connectivity index (χ1n) is 9.72. The number of carboxylic acid groups (broad SMARTS) is 1. The molecule has 3 rings (SSSR count). The number of aliphatic carboxylic acids is 1. The molecule has 4 heteroatoms. The van der Waals surface area contributed by atoms with Crippen molar-refractivity contribution in [3.05, 3.63) is 54.1 Å². The van der Waals surface area contributed by atoms with Crippen molar-refractivity contribution in [1.29, 1.82) is 0 Å². The van der Waals surface area contributed by atoms with E-state index in [9.17, 15) is 9.90 Å². The number of fused-ring (bicyclic) bond motifs is 1. The molecule has 2 N–H and O–H groups in total. The van der Waals surface area contributed by atoms with Gasteiger partial charge in [0.1, 0.15) is 4.75 Å². The maximum absolute atomic E-state index is 11.4. The number of aromatic amines is 1. The summed E-state index contributed by atoms with van der Waals surface area (Å²) in [5, 5.41) is 10.4. The van der Waals surface area contributed by atoms with Gasteiger partial charge >= 0.3 is 5.97 Å². The van der Waals surface area contributed by atoms with E-state index < -0.39 is 10.7 Å². The summed E-state index contributed by atoms with van der Waals surface area (Å²) in [6, 6.07) is 16.8. The Balaban J connectivity index is 0.00000136. The number of rotatable bonds is 4. The van der Waals surface area contributed by atoms with E-state index in [1.54, 1.807) is 13.8 Å². The van der Waals surface area contributed by atoms with Crippen molar-refractivity contribution in [3.63, 3.8) is 0 Å². The Morgan fingerprint density at radius 3 is 2.25 bits per heavy atom.